The zero-order chi connectivity index (χ0) is 19.3. The Balaban J connectivity index is 1.41. The van der Waals surface area contributed by atoms with E-state index in [1.807, 2.05) is 77.5 Å². The van der Waals surface area contributed by atoms with Gasteiger partial charge in [0.25, 0.3) is 5.91 Å². The molecular weight excluding hydrogens is 350 g/mol. The van der Waals surface area contributed by atoms with Crippen molar-refractivity contribution < 1.29 is 9.53 Å². The summed E-state index contributed by atoms with van der Waals surface area (Å²) in [6.45, 7) is 2.17. The van der Waals surface area contributed by atoms with Gasteiger partial charge in [-0.1, -0.05) is 48.5 Å². The van der Waals surface area contributed by atoms with Crippen LogP contribution in [-0.2, 0) is 11.3 Å². The molecule has 1 aromatic heterocycles. The number of carbonyl (C=O) groups is 1. The van der Waals surface area contributed by atoms with Crippen molar-refractivity contribution in [3.63, 3.8) is 0 Å². The number of hydrogen-bond acceptors (Lipinski definition) is 3. The fourth-order valence-electron chi connectivity index (χ4n) is 3.14. The molecule has 0 spiro atoms. The maximum Gasteiger partial charge on any atom is 0.261 e. The fraction of sp³-hybridized carbons (Fsp3) is 0.130. The lowest BCUT2D eigenvalue weighted by Crippen LogP contribution is -2.36. The molecule has 0 unspecified atom stereocenters. The molecule has 5 heteroatoms. The van der Waals surface area contributed by atoms with Crippen molar-refractivity contribution in [1.29, 1.82) is 0 Å². The molecule has 1 N–H and O–H groups in total. The molecule has 4 rings (SSSR count). The normalized spacial score (nSPS) is 11.9. The van der Waals surface area contributed by atoms with Crippen LogP contribution in [0.15, 0.2) is 85.5 Å². The minimum absolute atomic E-state index is 0.159. The van der Waals surface area contributed by atoms with E-state index in [0.29, 0.717) is 12.3 Å². The highest BCUT2D eigenvalue weighted by molar-refractivity contribution is 5.84. The van der Waals surface area contributed by atoms with Crippen LogP contribution < -0.4 is 10.1 Å². The standard InChI is InChI=1S/C23H21N3O2/c1-17(28-21-11-10-18-6-2-3-7-19(18)14-21)23(27)25-15-20-8-4-5-9-22(20)26-13-12-24-16-26/h2-14,16-17H,15H2,1H3,(H,25,27)/t17-/m1/s1. The number of ether oxygens (including phenoxy) is 1. The van der Waals surface area contributed by atoms with E-state index in [1.165, 1.54) is 0 Å². The number of aromatic nitrogens is 2. The molecule has 0 aliphatic heterocycles. The van der Waals surface area contributed by atoms with E-state index in [1.54, 1.807) is 19.4 Å². The zero-order valence-electron chi connectivity index (χ0n) is 15.6. The molecule has 1 heterocycles. The summed E-state index contributed by atoms with van der Waals surface area (Å²) >= 11 is 0. The molecule has 28 heavy (non-hydrogen) atoms. The van der Waals surface area contributed by atoms with E-state index in [-0.39, 0.29) is 5.91 Å². The molecule has 4 aromatic rings. The Kier molecular flexibility index (Phi) is 5.06. The van der Waals surface area contributed by atoms with Crippen LogP contribution in [-0.4, -0.2) is 21.6 Å². The number of rotatable bonds is 6. The fourth-order valence-corrected chi connectivity index (χ4v) is 3.14. The number of para-hydroxylation sites is 1. The molecule has 5 nitrogen and oxygen atoms in total. The van der Waals surface area contributed by atoms with Crippen LogP contribution in [0.3, 0.4) is 0 Å². The van der Waals surface area contributed by atoms with E-state index < -0.39 is 6.10 Å². The van der Waals surface area contributed by atoms with Crippen LogP contribution in [0.5, 0.6) is 5.75 Å². The Morgan fingerprint density at radius 2 is 1.86 bits per heavy atom. The Labute approximate surface area is 163 Å². The highest BCUT2D eigenvalue weighted by Gasteiger charge is 2.15. The van der Waals surface area contributed by atoms with E-state index >= 15 is 0 Å². The predicted molar refractivity (Wildman–Crippen MR) is 109 cm³/mol. The second-order valence-corrected chi connectivity index (χ2v) is 6.59. The Morgan fingerprint density at radius 3 is 2.68 bits per heavy atom. The van der Waals surface area contributed by atoms with Crippen LogP contribution in [0.1, 0.15) is 12.5 Å². The van der Waals surface area contributed by atoms with Gasteiger partial charge in [0.15, 0.2) is 6.10 Å². The largest absolute Gasteiger partial charge is 0.481 e. The Morgan fingerprint density at radius 1 is 1.07 bits per heavy atom. The first-order valence-corrected chi connectivity index (χ1v) is 9.20. The van der Waals surface area contributed by atoms with E-state index in [2.05, 4.69) is 10.3 Å². The van der Waals surface area contributed by atoms with Gasteiger partial charge in [0, 0.05) is 18.9 Å². The van der Waals surface area contributed by atoms with Crippen molar-refractivity contribution >= 4 is 16.7 Å². The number of hydrogen-bond donors (Lipinski definition) is 1. The first-order chi connectivity index (χ1) is 13.7. The molecule has 1 atom stereocenters. The summed E-state index contributed by atoms with van der Waals surface area (Å²) in [6.07, 6.45) is 4.76. The molecule has 0 saturated heterocycles. The lowest BCUT2D eigenvalue weighted by molar-refractivity contribution is -0.127. The van der Waals surface area contributed by atoms with Crippen LogP contribution in [0.25, 0.3) is 16.5 Å². The quantitative estimate of drug-likeness (QED) is 0.555. The summed E-state index contributed by atoms with van der Waals surface area (Å²) in [6, 6.07) is 21.8. The van der Waals surface area contributed by atoms with Crippen molar-refractivity contribution in [3.05, 3.63) is 91.0 Å². The van der Waals surface area contributed by atoms with Gasteiger partial charge in [-0.25, -0.2) is 4.98 Å². The monoisotopic (exact) mass is 371 g/mol. The van der Waals surface area contributed by atoms with Crippen molar-refractivity contribution in [1.82, 2.24) is 14.9 Å². The van der Waals surface area contributed by atoms with Gasteiger partial charge >= 0.3 is 0 Å². The maximum atomic E-state index is 12.5. The number of benzene rings is 3. The molecule has 0 aliphatic carbocycles. The third-order valence-electron chi connectivity index (χ3n) is 4.63. The maximum absolute atomic E-state index is 12.5. The van der Waals surface area contributed by atoms with Gasteiger partial charge in [0.05, 0.1) is 12.0 Å². The van der Waals surface area contributed by atoms with Gasteiger partial charge in [-0.15, -0.1) is 0 Å². The number of amides is 1. The smallest absolute Gasteiger partial charge is 0.261 e. The second kappa shape index (κ2) is 7.96. The van der Waals surface area contributed by atoms with E-state index in [9.17, 15) is 4.79 Å². The highest BCUT2D eigenvalue weighted by Crippen LogP contribution is 2.21. The van der Waals surface area contributed by atoms with Gasteiger partial charge in [0.2, 0.25) is 0 Å². The third-order valence-corrected chi connectivity index (χ3v) is 4.63. The average molecular weight is 371 g/mol. The molecule has 0 saturated carbocycles. The van der Waals surface area contributed by atoms with Crippen LogP contribution in [0.2, 0.25) is 0 Å². The number of nitrogens with zero attached hydrogens (tertiary/aromatic N) is 2. The van der Waals surface area contributed by atoms with Crippen molar-refractivity contribution in [2.24, 2.45) is 0 Å². The number of imidazole rings is 1. The zero-order valence-corrected chi connectivity index (χ0v) is 15.6. The summed E-state index contributed by atoms with van der Waals surface area (Å²) in [7, 11) is 0. The summed E-state index contributed by atoms with van der Waals surface area (Å²) in [5.41, 5.74) is 2.00. The molecule has 0 bridgehead atoms. The van der Waals surface area contributed by atoms with Crippen molar-refractivity contribution in [3.8, 4) is 11.4 Å². The predicted octanol–water partition coefficient (Wildman–Crippen LogP) is 4.11. The molecule has 140 valence electrons. The molecular formula is C23H21N3O2. The van der Waals surface area contributed by atoms with Gasteiger partial charge in [-0.3, -0.25) is 4.79 Å². The molecule has 3 aromatic carbocycles. The highest BCUT2D eigenvalue weighted by atomic mass is 16.5. The number of fused-ring (bicyclic) bond motifs is 1. The van der Waals surface area contributed by atoms with Gasteiger partial charge in [-0.2, -0.15) is 0 Å². The summed E-state index contributed by atoms with van der Waals surface area (Å²) in [4.78, 5) is 16.6. The summed E-state index contributed by atoms with van der Waals surface area (Å²) in [5.74, 6) is 0.522. The number of carbonyl (C=O) groups excluding carboxylic acids is 1. The minimum Gasteiger partial charge on any atom is -0.481 e. The molecule has 1 amide bonds. The average Bonchev–Trinajstić information content (AvgIpc) is 3.27. The Hall–Kier alpha value is -3.60. The number of nitrogens with one attached hydrogen (secondary N) is 1. The second-order valence-electron chi connectivity index (χ2n) is 6.59. The lowest BCUT2D eigenvalue weighted by Gasteiger charge is -2.16. The third kappa shape index (κ3) is 3.88. The molecule has 0 radical (unpaired) electrons. The van der Waals surface area contributed by atoms with E-state index in [0.717, 1.165) is 22.0 Å². The Bertz CT molecular complexity index is 1090. The van der Waals surface area contributed by atoms with Gasteiger partial charge in [0.1, 0.15) is 5.75 Å². The van der Waals surface area contributed by atoms with Crippen molar-refractivity contribution in [2.75, 3.05) is 0 Å². The first kappa shape index (κ1) is 17.8. The van der Waals surface area contributed by atoms with Crippen molar-refractivity contribution in [2.45, 2.75) is 19.6 Å². The van der Waals surface area contributed by atoms with Crippen LogP contribution >= 0.6 is 0 Å². The van der Waals surface area contributed by atoms with Gasteiger partial charge in [-0.05, 0) is 41.5 Å². The minimum atomic E-state index is -0.596. The van der Waals surface area contributed by atoms with Gasteiger partial charge < -0.3 is 14.6 Å². The molecule has 0 fully saturated rings. The topological polar surface area (TPSA) is 56.1 Å². The molecule has 0 aliphatic rings. The van der Waals surface area contributed by atoms with Crippen LogP contribution in [0, 0.1) is 0 Å². The SMILES string of the molecule is C[C@@H](Oc1ccc2ccccc2c1)C(=O)NCc1ccccc1-n1ccnc1. The summed E-state index contributed by atoms with van der Waals surface area (Å²) < 4.78 is 7.77. The van der Waals surface area contributed by atoms with Crippen LogP contribution in [0.4, 0.5) is 0 Å². The lowest BCUT2D eigenvalue weighted by atomic mass is 10.1. The first-order valence-electron chi connectivity index (χ1n) is 9.20. The summed E-state index contributed by atoms with van der Waals surface area (Å²) in [5, 5.41) is 5.19. The van der Waals surface area contributed by atoms with E-state index in [4.69, 9.17) is 4.74 Å².